The van der Waals surface area contributed by atoms with Crippen LogP contribution in [-0.2, 0) is 10.3 Å². The first kappa shape index (κ1) is 11.0. The van der Waals surface area contributed by atoms with Gasteiger partial charge in [-0.25, -0.2) is 0 Å². The van der Waals surface area contributed by atoms with Gasteiger partial charge in [0, 0.05) is 9.99 Å². The maximum absolute atomic E-state index is 10.4. The Kier molecular flexibility index (Phi) is 3.02. The van der Waals surface area contributed by atoms with E-state index in [1.165, 1.54) is 0 Å². The van der Waals surface area contributed by atoms with Crippen LogP contribution in [0.25, 0.3) is 0 Å². The van der Waals surface area contributed by atoms with E-state index in [2.05, 4.69) is 22.6 Å². The van der Waals surface area contributed by atoms with E-state index < -0.39 is 5.60 Å². The second kappa shape index (κ2) is 4.14. The molecule has 1 atom stereocenters. The summed E-state index contributed by atoms with van der Waals surface area (Å²) in [5.41, 5.74) is -0.128. The second-order valence-electron chi connectivity index (χ2n) is 3.78. The van der Waals surface area contributed by atoms with E-state index in [1.54, 1.807) is 6.92 Å². The Balaban J connectivity index is 2.32. The van der Waals surface area contributed by atoms with E-state index in [1.807, 2.05) is 30.3 Å². The lowest BCUT2D eigenvalue weighted by Crippen LogP contribution is -2.24. The van der Waals surface area contributed by atoms with Gasteiger partial charge in [0.2, 0.25) is 0 Å². The quantitative estimate of drug-likeness (QED) is 0.850. The SMILES string of the molecule is CC(O)(C1=CCCO1)c1ccc(I)cc1. The zero-order valence-electron chi connectivity index (χ0n) is 8.53. The van der Waals surface area contributed by atoms with Crippen molar-refractivity contribution >= 4 is 22.6 Å². The number of rotatable bonds is 2. The lowest BCUT2D eigenvalue weighted by Gasteiger charge is -2.24. The van der Waals surface area contributed by atoms with Crippen LogP contribution in [0.1, 0.15) is 18.9 Å². The molecule has 1 aliphatic rings. The standard InChI is InChI=1S/C12H13IO2/c1-12(14,11-3-2-8-15-11)9-4-6-10(13)7-5-9/h3-7,14H,2,8H2,1H3. The van der Waals surface area contributed by atoms with Crippen molar-refractivity contribution in [2.75, 3.05) is 6.61 Å². The third-order valence-corrected chi connectivity index (χ3v) is 3.31. The Bertz CT molecular complexity index is 379. The van der Waals surface area contributed by atoms with Crippen LogP contribution in [0.3, 0.4) is 0 Å². The van der Waals surface area contributed by atoms with Gasteiger partial charge >= 0.3 is 0 Å². The summed E-state index contributed by atoms with van der Waals surface area (Å²) in [5, 5.41) is 10.4. The van der Waals surface area contributed by atoms with E-state index in [0.29, 0.717) is 12.4 Å². The van der Waals surface area contributed by atoms with Gasteiger partial charge in [0.15, 0.2) is 0 Å². The molecule has 1 aromatic carbocycles. The average molecular weight is 316 g/mol. The highest BCUT2D eigenvalue weighted by Crippen LogP contribution is 2.32. The highest BCUT2D eigenvalue weighted by atomic mass is 127. The van der Waals surface area contributed by atoms with Gasteiger partial charge in [-0.2, -0.15) is 0 Å². The van der Waals surface area contributed by atoms with E-state index in [-0.39, 0.29) is 0 Å². The molecule has 0 aromatic heterocycles. The summed E-state index contributed by atoms with van der Waals surface area (Å²) in [6, 6.07) is 7.84. The minimum absolute atomic E-state index is 0.670. The van der Waals surface area contributed by atoms with Gasteiger partial charge in [0.1, 0.15) is 11.4 Å². The van der Waals surface area contributed by atoms with Crippen LogP contribution in [0.15, 0.2) is 36.1 Å². The maximum atomic E-state index is 10.4. The van der Waals surface area contributed by atoms with Crippen molar-refractivity contribution in [2.45, 2.75) is 18.9 Å². The van der Waals surface area contributed by atoms with Crippen molar-refractivity contribution < 1.29 is 9.84 Å². The number of ether oxygens (including phenoxy) is 1. The van der Waals surface area contributed by atoms with E-state index >= 15 is 0 Å². The zero-order valence-corrected chi connectivity index (χ0v) is 10.7. The first-order chi connectivity index (χ1) is 7.10. The van der Waals surface area contributed by atoms with Gasteiger partial charge in [0.05, 0.1) is 6.61 Å². The van der Waals surface area contributed by atoms with Crippen molar-refractivity contribution in [3.8, 4) is 0 Å². The van der Waals surface area contributed by atoms with Crippen LogP contribution >= 0.6 is 22.6 Å². The molecule has 0 bridgehead atoms. The lowest BCUT2D eigenvalue weighted by molar-refractivity contribution is 0.0317. The Morgan fingerprint density at radius 1 is 1.33 bits per heavy atom. The zero-order chi connectivity index (χ0) is 10.9. The van der Waals surface area contributed by atoms with E-state index in [9.17, 15) is 5.11 Å². The van der Waals surface area contributed by atoms with Crippen LogP contribution < -0.4 is 0 Å². The summed E-state index contributed by atoms with van der Waals surface area (Å²) in [5.74, 6) is 0.670. The summed E-state index contributed by atoms with van der Waals surface area (Å²) < 4.78 is 6.57. The Labute approximate surface area is 103 Å². The second-order valence-corrected chi connectivity index (χ2v) is 5.03. The van der Waals surface area contributed by atoms with Gasteiger partial charge in [-0.05, 0) is 53.3 Å². The molecular formula is C12H13IO2. The smallest absolute Gasteiger partial charge is 0.143 e. The first-order valence-electron chi connectivity index (χ1n) is 4.92. The number of benzene rings is 1. The molecule has 0 radical (unpaired) electrons. The third-order valence-electron chi connectivity index (χ3n) is 2.59. The summed E-state index contributed by atoms with van der Waals surface area (Å²) in [6.45, 7) is 2.45. The molecule has 2 rings (SSSR count). The summed E-state index contributed by atoms with van der Waals surface area (Å²) in [4.78, 5) is 0. The van der Waals surface area contributed by atoms with Crippen LogP contribution in [0, 0.1) is 3.57 Å². The number of aliphatic hydroxyl groups is 1. The highest BCUT2D eigenvalue weighted by Gasteiger charge is 2.31. The Hall–Kier alpha value is -0.550. The summed E-state index contributed by atoms with van der Waals surface area (Å²) in [7, 11) is 0. The molecule has 0 saturated heterocycles. The molecule has 0 spiro atoms. The van der Waals surface area contributed by atoms with Crippen molar-refractivity contribution in [1.29, 1.82) is 0 Å². The fourth-order valence-electron chi connectivity index (χ4n) is 1.67. The third kappa shape index (κ3) is 2.18. The van der Waals surface area contributed by atoms with E-state index in [4.69, 9.17) is 4.74 Å². The van der Waals surface area contributed by atoms with Crippen molar-refractivity contribution in [1.82, 2.24) is 0 Å². The first-order valence-corrected chi connectivity index (χ1v) is 6.00. The van der Waals surface area contributed by atoms with Crippen LogP contribution in [-0.4, -0.2) is 11.7 Å². The molecule has 0 amide bonds. The highest BCUT2D eigenvalue weighted by molar-refractivity contribution is 14.1. The molecule has 1 aromatic rings. The van der Waals surface area contributed by atoms with E-state index in [0.717, 1.165) is 15.6 Å². The molecule has 15 heavy (non-hydrogen) atoms. The summed E-state index contributed by atoms with van der Waals surface area (Å²) in [6.07, 6.45) is 2.84. The molecular weight excluding hydrogens is 303 g/mol. The van der Waals surface area contributed by atoms with Gasteiger partial charge in [-0.15, -0.1) is 0 Å². The normalized spacial score (nSPS) is 19.3. The molecule has 0 fully saturated rings. The Morgan fingerprint density at radius 3 is 2.53 bits per heavy atom. The van der Waals surface area contributed by atoms with Gasteiger partial charge in [-0.3, -0.25) is 0 Å². The van der Waals surface area contributed by atoms with Gasteiger partial charge < -0.3 is 9.84 Å². The number of halogens is 1. The number of hydrogen-bond acceptors (Lipinski definition) is 2. The van der Waals surface area contributed by atoms with Gasteiger partial charge in [-0.1, -0.05) is 12.1 Å². The van der Waals surface area contributed by atoms with Crippen LogP contribution in [0.5, 0.6) is 0 Å². The molecule has 2 nitrogen and oxygen atoms in total. The van der Waals surface area contributed by atoms with Crippen molar-refractivity contribution in [2.24, 2.45) is 0 Å². The van der Waals surface area contributed by atoms with Crippen molar-refractivity contribution in [3.05, 3.63) is 45.2 Å². The Morgan fingerprint density at radius 2 is 2.00 bits per heavy atom. The minimum Gasteiger partial charge on any atom is -0.495 e. The maximum Gasteiger partial charge on any atom is 0.143 e. The molecule has 1 aliphatic heterocycles. The monoisotopic (exact) mass is 316 g/mol. The molecule has 0 aliphatic carbocycles. The van der Waals surface area contributed by atoms with Crippen molar-refractivity contribution in [3.63, 3.8) is 0 Å². The largest absolute Gasteiger partial charge is 0.495 e. The molecule has 1 heterocycles. The molecule has 3 heteroatoms. The lowest BCUT2D eigenvalue weighted by atomic mass is 9.94. The molecule has 1 N–H and O–H groups in total. The topological polar surface area (TPSA) is 29.5 Å². The fraction of sp³-hybridized carbons (Fsp3) is 0.333. The average Bonchev–Trinajstić information content (AvgIpc) is 2.71. The minimum atomic E-state index is -0.999. The van der Waals surface area contributed by atoms with Gasteiger partial charge in [0.25, 0.3) is 0 Å². The predicted octanol–water partition coefficient (Wildman–Crippen LogP) is 2.80. The molecule has 0 saturated carbocycles. The number of hydrogen-bond donors (Lipinski definition) is 1. The fourth-order valence-corrected chi connectivity index (χ4v) is 2.03. The molecule has 80 valence electrons. The predicted molar refractivity (Wildman–Crippen MR) is 67.4 cm³/mol. The van der Waals surface area contributed by atoms with Crippen LogP contribution in [0.2, 0.25) is 0 Å². The van der Waals surface area contributed by atoms with Crippen LogP contribution in [0.4, 0.5) is 0 Å². The molecule has 1 unspecified atom stereocenters. The summed E-state index contributed by atoms with van der Waals surface area (Å²) >= 11 is 2.25.